The second kappa shape index (κ2) is 6.13. The van der Waals surface area contributed by atoms with E-state index in [0.717, 1.165) is 12.8 Å². The lowest BCUT2D eigenvalue weighted by molar-refractivity contribution is -0.123. The summed E-state index contributed by atoms with van der Waals surface area (Å²) in [6.07, 6.45) is 7.13. The number of amides is 2. The monoisotopic (exact) mass is 223 g/mol. The van der Waals surface area contributed by atoms with Crippen molar-refractivity contribution in [2.45, 2.75) is 31.8 Å². The molecule has 5 heteroatoms. The van der Waals surface area contributed by atoms with Crippen LogP contribution in [-0.2, 0) is 9.59 Å². The van der Waals surface area contributed by atoms with E-state index < -0.39 is 6.04 Å². The Morgan fingerprint density at radius 3 is 2.75 bits per heavy atom. The number of carbonyl (C=O) groups excluding carboxylic acids is 2. The Labute approximate surface area is 95.4 Å². The van der Waals surface area contributed by atoms with Crippen LogP contribution in [-0.4, -0.2) is 37.0 Å². The lowest BCUT2D eigenvalue weighted by Gasteiger charge is -2.12. The minimum absolute atomic E-state index is 0.0703. The number of hydrogen-bond donors (Lipinski definition) is 3. The normalized spacial score (nSPS) is 16.0. The zero-order chi connectivity index (χ0) is 12.0. The summed E-state index contributed by atoms with van der Waals surface area (Å²) in [6.45, 7) is 2.05. The predicted molar refractivity (Wildman–Crippen MR) is 60.5 cm³/mol. The second-order valence-electron chi connectivity index (χ2n) is 3.87. The Balaban J connectivity index is 2.12. The molecule has 5 nitrogen and oxygen atoms in total. The molecule has 88 valence electrons. The van der Waals surface area contributed by atoms with Crippen LogP contribution in [0.15, 0.2) is 0 Å². The van der Waals surface area contributed by atoms with Gasteiger partial charge in [0.25, 0.3) is 0 Å². The molecular formula is C11H17N3O2. The first-order chi connectivity index (χ1) is 7.63. The maximum atomic E-state index is 11.3. The minimum Gasteiger partial charge on any atom is -0.352 e. The molecule has 16 heavy (non-hydrogen) atoms. The molecule has 1 fully saturated rings. The third kappa shape index (κ3) is 4.80. The molecule has 1 rings (SSSR count). The summed E-state index contributed by atoms with van der Waals surface area (Å²) >= 11 is 0. The third-order valence-electron chi connectivity index (χ3n) is 2.27. The predicted octanol–water partition coefficient (Wildman–Crippen LogP) is -1.01. The van der Waals surface area contributed by atoms with Crippen molar-refractivity contribution in [3.63, 3.8) is 0 Å². The van der Waals surface area contributed by atoms with Crippen LogP contribution in [0.5, 0.6) is 0 Å². The van der Waals surface area contributed by atoms with Crippen molar-refractivity contribution >= 4 is 11.8 Å². The summed E-state index contributed by atoms with van der Waals surface area (Å²) in [6, 6.07) is -0.0711. The Bertz CT molecular complexity index is 305. The van der Waals surface area contributed by atoms with E-state index in [2.05, 4.69) is 21.9 Å². The summed E-state index contributed by atoms with van der Waals surface area (Å²) in [5.41, 5.74) is 0. The van der Waals surface area contributed by atoms with Gasteiger partial charge in [0.05, 0.1) is 19.1 Å². The van der Waals surface area contributed by atoms with Crippen LogP contribution in [0.3, 0.4) is 0 Å². The van der Waals surface area contributed by atoms with Crippen LogP contribution in [0.25, 0.3) is 0 Å². The van der Waals surface area contributed by atoms with Gasteiger partial charge in [0, 0.05) is 6.04 Å². The smallest absolute Gasteiger partial charge is 0.237 e. The van der Waals surface area contributed by atoms with E-state index >= 15 is 0 Å². The maximum Gasteiger partial charge on any atom is 0.237 e. The molecule has 0 aromatic heterocycles. The van der Waals surface area contributed by atoms with Crippen LogP contribution >= 0.6 is 0 Å². The summed E-state index contributed by atoms with van der Waals surface area (Å²) in [7, 11) is 0. The van der Waals surface area contributed by atoms with Gasteiger partial charge in [0.15, 0.2) is 0 Å². The lowest BCUT2D eigenvalue weighted by atomic mass is 10.3. The zero-order valence-corrected chi connectivity index (χ0v) is 9.38. The van der Waals surface area contributed by atoms with E-state index in [1.165, 1.54) is 0 Å². The molecule has 0 spiro atoms. The van der Waals surface area contributed by atoms with E-state index in [4.69, 9.17) is 6.42 Å². The molecule has 0 saturated heterocycles. The summed E-state index contributed by atoms with van der Waals surface area (Å²) in [5.74, 6) is 2.05. The number of carbonyl (C=O) groups is 2. The molecule has 0 aromatic carbocycles. The van der Waals surface area contributed by atoms with Crippen LogP contribution in [0, 0.1) is 12.3 Å². The number of terminal acetylenes is 1. The summed E-state index contributed by atoms with van der Waals surface area (Å²) < 4.78 is 0. The van der Waals surface area contributed by atoms with Crippen molar-refractivity contribution in [2.24, 2.45) is 0 Å². The zero-order valence-electron chi connectivity index (χ0n) is 9.38. The van der Waals surface area contributed by atoms with Gasteiger partial charge in [-0.1, -0.05) is 5.92 Å². The first-order valence-electron chi connectivity index (χ1n) is 5.37. The lowest BCUT2D eigenvalue weighted by Crippen LogP contribution is -2.46. The van der Waals surface area contributed by atoms with Crippen LogP contribution < -0.4 is 16.0 Å². The van der Waals surface area contributed by atoms with Crippen molar-refractivity contribution in [2.75, 3.05) is 13.1 Å². The van der Waals surface area contributed by atoms with E-state index in [1.54, 1.807) is 6.92 Å². The standard InChI is InChI=1S/C11H17N3O2/c1-3-6-12-11(16)8(2)13-7-10(15)14-9-4-5-9/h1,8-9,13H,4-7H2,2H3,(H,12,16)(H,14,15). The molecule has 1 unspecified atom stereocenters. The highest BCUT2D eigenvalue weighted by Gasteiger charge is 2.23. The second-order valence-corrected chi connectivity index (χ2v) is 3.87. The SMILES string of the molecule is C#CCNC(=O)C(C)NCC(=O)NC1CC1. The van der Waals surface area contributed by atoms with Gasteiger partial charge < -0.3 is 10.6 Å². The number of nitrogens with one attached hydrogen (secondary N) is 3. The van der Waals surface area contributed by atoms with Crippen LogP contribution in [0.2, 0.25) is 0 Å². The fraction of sp³-hybridized carbons (Fsp3) is 0.636. The van der Waals surface area contributed by atoms with Crippen molar-refractivity contribution in [3.05, 3.63) is 0 Å². The molecule has 0 heterocycles. The molecule has 2 amide bonds. The molecular weight excluding hydrogens is 206 g/mol. The first-order valence-corrected chi connectivity index (χ1v) is 5.37. The van der Waals surface area contributed by atoms with Gasteiger partial charge in [0.2, 0.25) is 11.8 Å². The van der Waals surface area contributed by atoms with Gasteiger partial charge in [-0.15, -0.1) is 6.42 Å². The van der Waals surface area contributed by atoms with Crippen molar-refractivity contribution in [3.8, 4) is 12.3 Å². The average Bonchev–Trinajstić information content (AvgIpc) is 3.06. The fourth-order valence-corrected chi connectivity index (χ4v) is 1.14. The van der Waals surface area contributed by atoms with Crippen LogP contribution in [0.1, 0.15) is 19.8 Å². The number of rotatable bonds is 6. The van der Waals surface area contributed by atoms with Gasteiger partial charge in [-0.2, -0.15) is 0 Å². The molecule has 1 saturated carbocycles. The van der Waals surface area contributed by atoms with E-state index in [0.29, 0.717) is 6.04 Å². The first kappa shape index (κ1) is 12.5. The largest absolute Gasteiger partial charge is 0.352 e. The third-order valence-corrected chi connectivity index (χ3v) is 2.27. The van der Waals surface area contributed by atoms with Crippen molar-refractivity contribution in [1.29, 1.82) is 0 Å². The topological polar surface area (TPSA) is 70.2 Å². The highest BCUT2D eigenvalue weighted by atomic mass is 16.2. The van der Waals surface area contributed by atoms with Gasteiger partial charge in [0.1, 0.15) is 0 Å². The quantitative estimate of drug-likeness (QED) is 0.505. The highest BCUT2D eigenvalue weighted by Crippen LogP contribution is 2.18. The molecule has 0 aromatic rings. The van der Waals surface area contributed by atoms with E-state index in [1.807, 2.05) is 0 Å². The Hall–Kier alpha value is -1.54. The molecule has 0 bridgehead atoms. The minimum atomic E-state index is -0.418. The average molecular weight is 223 g/mol. The Kier molecular flexibility index (Phi) is 4.80. The van der Waals surface area contributed by atoms with Gasteiger partial charge in [-0.05, 0) is 19.8 Å². The fourth-order valence-electron chi connectivity index (χ4n) is 1.14. The molecule has 1 atom stereocenters. The van der Waals surface area contributed by atoms with E-state index in [-0.39, 0.29) is 24.9 Å². The molecule has 1 aliphatic carbocycles. The Morgan fingerprint density at radius 1 is 1.50 bits per heavy atom. The van der Waals surface area contributed by atoms with Gasteiger partial charge in [-0.3, -0.25) is 14.9 Å². The van der Waals surface area contributed by atoms with Crippen molar-refractivity contribution in [1.82, 2.24) is 16.0 Å². The Morgan fingerprint density at radius 2 is 2.19 bits per heavy atom. The molecule has 0 aliphatic heterocycles. The highest BCUT2D eigenvalue weighted by molar-refractivity contribution is 5.83. The maximum absolute atomic E-state index is 11.3. The number of hydrogen-bond acceptors (Lipinski definition) is 3. The van der Waals surface area contributed by atoms with Crippen molar-refractivity contribution < 1.29 is 9.59 Å². The van der Waals surface area contributed by atoms with Gasteiger partial charge >= 0.3 is 0 Å². The van der Waals surface area contributed by atoms with E-state index in [9.17, 15) is 9.59 Å². The molecule has 0 radical (unpaired) electrons. The summed E-state index contributed by atoms with van der Waals surface area (Å²) in [4.78, 5) is 22.6. The molecule has 3 N–H and O–H groups in total. The van der Waals surface area contributed by atoms with Crippen LogP contribution in [0.4, 0.5) is 0 Å². The molecule has 1 aliphatic rings. The summed E-state index contributed by atoms with van der Waals surface area (Å²) in [5, 5.41) is 8.20. The van der Waals surface area contributed by atoms with Gasteiger partial charge in [-0.25, -0.2) is 0 Å².